The van der Waals surface area contributed by atoms with Crippen molar-refractivity contribution in [2.24, 2.45) is 5.14 Å². The second-order valence-electron chi connectivity index (χ2n) is 4.01. The number of nitrogens with two attached hydrogens (primary N) is 2. The number of aryl methyl sites for hydroxylation is 1. The molecule has 0 aliphatic carbocycles. The van der Waals surface area contributed by atoms with Gasteiger partial charge in [-0.05, 0) is 6.92 Å². The summed E-state index contributed by atoms with van der Waals surface area (Å²) in [5.41, 5.74) is 6.70. The van der Waals surface area contributed by atoms with Gasteiger partial charge in [0.1, 0.15) is 5.25 Å². The van der Waals surface area contributed by atoms with E-state index in [0.29, 0.717) is 11.4 Å². The molecule has 94 valence electrons. The molecular formula is C8H13N5O3S. The summed E-state index contributed by atoms with van der Waals surface area (Å²) in [6.45, 7) is 1.70. The summed E-state index contributed by atoms with van der Waals surface area (Å²) in [7, 11) is -3.72. The van der Waals surface area contributed by atoms with Gasteiger partial charge in [-0.3, -0.25) is 14.8 Å². The van der Waals surface area contributed by atoms with E-state index >= 15 is 0 Å². The van der Waals surface area contributed by atoms with E-state index < -0.39 is 15.3 Å². The lowest BCUT2D eigenvalue weighted by Crippen LogP contribution is -2.32. The van der Waals surface area contributed by atoms with Gasteiger partial charge in [0.15, 0.2) is 5.82 Å². The first-order valence-electron chi connectivity index (χ1n) is 4.93. The number of H-pyrrole nitrogens is 1. The summed E-state index contributed by atoms with van der Waals surface area (Å²) < 4.78 is 22.4. The van der Waals surface area contributed by atoms with Crippen LogP contribution in [0.25, 0.3) is 0 Å². The van der Waals surface area contributed by atoms with Crippen LogP contribution in [0.15, 0.2) is 0 Å². The van der Waals surface area contributed by atoms with Crippen LogP contribution in [0.1, 0.15) is 12.1 Å². The number of anilines is 2. The van der Waals surface area contributed by atoms with Crippen molar-refractivity contribution in [3.63, 3.8) is 0 Å². The zero-order valence-electron chi connectivity index (χ0n) is 9.17. The number of nitrogens with one attached hydrogen (secondary N) is 1. The van der Waals surface area contributed by atoms with E-state index in [0.717, 1.165) is 0 Å². The lowest BCUT2D eigenvalue weighted by molar-refractivity contribution is -0.117. The van der Waals surface area contributed by atoms with Crippen molar-refractivity contribution < 1.29 is 13.2 Å². The van der Waals surface area contributed by atoms with Crippen LogP contribution >= 0.6 is 0 Å². The summed E-state index contributed by atoms with van der Waals surface area (Å²) in [4.78, 5) is 12.9. The second-order valence-corrected chi connectivity index (χ2v) is 5.85. The molecule has 5 N–H and O–H groups in total. The van der Waals surface area contributed by atoms with Gasteiger partial charge in [-0.15, -0.1) is 0 Å². The zero-order valence-corrected chi connectivity index (χ0v) is 9.99. The average Bonchev–Trinajstić information content (AvgIpc) is 2.72. The Morgan fingerprint density at radius 2 is 2.18 bits per heavy atom. The largest absolute Gasteiger partial charge is 0.394 e. The van der Waals surface area contributed by atoms with Crippen molar-refractivity contribution in [2.45, 2.75) is 18.6 Å². The number of carbonyl (C=O) groups excluding carboxylic acids is 1. The summed E-state index contributed by atoms with van der Waals surface area (Å²) in [5.74, 6) is -0.0825. The fourth-order valence-corrected chi connectivity index (χ4v) is 2.46. The van der Waals surface area contributed by atoms with Crippen LogP contribution in [0.4, 0.5) is 11.5 Å². The van der Waals surface area contributed by atoms with Gasteiger partial charge in [0.05, 0.1) is 11.4 Å². The van der Waals surface area contributed by atoms with E-state index in [-0.39, 0.29) is 24.7 Å². The van der Waals surface area contributed by atoms with Crippen molar-refractivity contribution in [1.29, 1.82) is 0 Å². The first kappa shape index (κ1) is 11.9. The molecule has 1 unspecified atom stereocenters. The maximum Gasteiger partial charge on any atom is 0.229 e. The van der Waals surface area contributed by atoms with Gasteiger partial charge in [-0.2, -0.15) is 5.10 Å². The predicted octanol–water partition coefficient (Wildman–Crippen LogP) is -1.31. The van der Waals surface area contributed by atoms with Crippen molar-refractivity contribution in [2.75, 3.05) is 17.2 Å². The van der Waals surface area contributed by atoms with Crippen molar-refractivity contribution >= 4 is 27.4 Å². The average molecular weight is 259 g/mol. The molecule has 0 aromatic carbocycles. The van der Waals surface area contributed by atoms with E-state index in [4.69, 9.17) is 10.9 Å². The SMILES string of the molecule is Cc1[nH]nc(N2CC(S(N)(=O)=O)CC2=O)c1N. The molecule has 0 saturated carbocycles. The van der Waals surface area contributed by atoms with Gasteiger partial charge < -0.3 is 5.73 Å². The number of carbonyl (C=O) groups is 1. The molecule has 1 aliphatic rings. The number of aromatic nitrogens is 2. The highest BCUT2D eigenvalue weighted by molar-refractivity contribution is 7.89. The maximum atomic E-state index is 11.7. The Hall–Kier alpha value is -1.61. The van der Waals surface area contributed by atoms with Gasteiger partial charge in [-0.25, -0.2) is 13.6 Å². The second kappa shape index (κ2) is 3.70. The van der Waals surface area contributed by atoms with Crippen molar-refractivity contribution in [1.82, 2.24) is 10.2 Å². The lowest BCUT2D eigenvalue weighted by Gasteiger charge is -2.13. The van der Waals surface area contributed by atoms with Crippen LogP contribution in [0.5, 0.6) is 0 Å². The molecular weight excluding hydrogens is 246 g/mol. The van der Waals surface area contributed by atoms with E-state index in [2.05, 4.69) is 10.2 Å². The fourth-order valence-electron chi connectivity index (χ4n) is 1.73. The number of hydrogen-bond acceptors (Lipinski definition) is 5. The Bertz CT molecular complexity index is 564. The highest BCUT2D eigenvalue weighted by atomic mass is 32.2. The van der Waals surface area contributed by atoms with E-state index in [9.17, 15) is 13.2 Å². The number of amides is 1. The quantitative estimate of drug-likeness (QED) is 0.606. The number of aromatic amines is 1. The Morgan fingerprint density at radius 1 is 1.53 bits per heavy atom. The van der Waals surface area contributed by atoms with Crippen LogP contribution in [0, 0.1) is 6.92 Å². The van der Waals surface area contributed by atoms with Gasteiger partial charge in [-0.1, -0.05) is 0 Å². The third-order valence-electron chi connectivity index (χ3n) is 2.78. The monoisotopic (exact) mass is 259 g/mol. The van der Waals surface area contributed by atoms with E-state index in [1.165, 1.54) is 4.90 Å². The smallest absolute Gasteiger partial charge is 0.229 e. The normalized spacial score (nSPS) is 21.2. The molecule has 0 radical (unpaired) electrons. The number of primary sulfonamides is 1. The third kappa shape index (κ3) is 1.98. The van der Waals surface area contributed by atoms with Gasteiger partial charge in [0.2, 0.25) is 15.9 Å². The molecule has 0 bridgehead atoms. The van der Waals surface area contributed by atoms with Crippen molar-refractivity contribution in [3.05, 3.63) is 5.69 Å². The molecule has 8 nitrogen and oxygen atoms in total. The Kier molecular flexibility index (Phi) is 2.59. The van der Waals surface area contributed by atoms with E-state index in [1.807, 2.05) is 0 Å². The predicted molar refractivity (Wildman–Crippen MR) is 61.6 cm³/mol. The van der Waals surface area contributed by atoms with Gasteiger partial charge in [0, 0.05) is 13.0 Å². The van der Waals surface area contributed by atoms with E-state index in [1.54, 1.807) is 6.92 Å². The fraction of sp³-hybridized carbons (Fsp3) is 0.500. The minimum absolute atomic E-state index is 0.00778. The number of nitrogens with zero attached hydrogens (tertiary/aromatic N) is 2. The zero-order chi connectivity index (χ0) is 12.8. The molecule has 1 aromatic heterocycles. The summed E-state index contributed by atoms with van der Waals surface area (Å²) in [6.07, 6.45) is -0.135. The number of hydrogen-bond donors (Lipinski definition) is 3. The maximum absolute atomic E-state index is 11.7. The van der Waals surface area contributed by atoms with Gasteiger partial charge >= 0.3 is 0 Å². The highest BCUT2D eigenvalue weighted by Crippen LogP contribution is 2.28. The Labute approximate surface area is 98.0 Å². The van der Waals surface area contributed by atoms with Crippen LogP contribution in [-0.2, 0) is 14.8 Å². The number of sulfonamides is 1. The van der Waals surface area contributed by atoms with Gasteiger partial charge in [0.25, 0.3) is 0 Å². The molecule has 2 rings (SSSR count). The summed E-state index contributed by atoms with van der Waals surface area (Å²) in [5, 5.41) is 10.6. The minimum Gasteiger partial charge on any atom is -0.394 e. The molecule has 9 heteroatoms. The molecule has 17 heavy (non-hydrogen) atoms. The molecule has 1 saturated heterocycles. The molecule has 1 atom stereocenters. The molecule has 0 spiro atoms. The topological polar surface area (TPSA) is 135 Å². The third-order valence-corrected chi connectivity index (χ3v) is 4.03. The van der Waals surface area contributed by atoms with Crippen LogP contribution < -0.4 is 15.8 Å². The summed E-state index contributed by atoms with van der Waals surface area (Å²) >= 11 is 0. The van der Waals surface area contributed by atoms with Crippen LogP contribution in [0.2, 0.25) is 0 Å². The van der Waals surface area contributed by atoms with Crippen molar-refractivity contribution in [3.8, 4) is 0 Å². The first-order valence-corrected chi connectivity index (χ1v) is 6.54. The first-order chi connectivity index (χ1) is 7.80. The molecule has 1 aliphatic heterocycles. The highest BCUT2D eigenvalue weighted by Gasteiger charge is 2.38. The standard InChI is InChI=1S/C8H13N5O3S/c1-4-7(9)8(12-11-4)13-3-5(2-6(13)14)17(10,15)16/h5H,2-3,9H2,1H3,(H,11,12)(H2,10,15,16). The van der Waals surface area contributed by atoms with Crippen LogP contribution in [-0.4, -0.2) is 36.3 Å². The Morgan fingerprint density at radius 3 is 2.59 bits per heavy atom. The number of nitrogen functional groups attached to an aromatic ring is 1. The Balaban J connectivity index is 2.31. The molecule has 1 amide bonds. The molecule has 1 fully saturated rings. The molecule has 1 aromatic rings. The minimum atomic E-state index is -3.72. The lowest BCUT2D eigenvalue weighted by atomic mass is 10.4. The summed E-state index contributed by atoms with van der Waals surface area (Å²) in [6, 6.07) is 0. The molecule has 2 heterocycles. The van der Waals surface area contributed by atoms with Crippen LogP contribution in [0.3, 0.4) is 0 Å². The number of rotatable bonds is 2.